The highest BCUT2D eigenvalue weighted by atomic mass is 32.2. The van der Waals surface area contributed by atoms with E-state index < -0.39 is 0 Å². The lowest BCUT2D eigenvalue weighted by Crippen LogP contribution is -2.44. The maximum absolute atomic E-state index is 12.7. The quantitative estimate of drug-likeness (QED) is 0.258. The van der Waals surface area contributed by atoms with Crippen LogP contribution in [0.1, 0.15) is 18.9 Å². The highest BCUT2D eigenvalue weighted by Crippen LogP contribution is 2.32. The molecule has 2 heterocycles. The summed E-state index contributed by atoms with van der Waals surface area (Å²) in [5, 5.41) is 1.16. The van der Waals surface area contributed by atoms with E-state index >= 15 is 0 Å². The molecular formula is C23H19N3O2S4. The first-order valence-corrected chi connectivity index (χ1v) is 12.8. The second-order valence-corrected chi connectivity index (χ2v) is 10.9. The minimum atomic E-state index is -0.312. The molecule has 5 nitrogen and oxygen atoms in total. The number of hydrogen-bond acceptors (Lipinski definition) is 7. The van der Waals surface area contributed by atoms with Crippen molar-refractivity contribution >= 4 is 79.5 Å². The van der Waals surface area contributed by atoms with Crippen molar-refractivity contribution in [2.45, 2.75) is 17.7 Å². The van der Waals surface area contributed by atoms with E-state index in [1.54, 1.807) is 17.4 Å². The predicted molar refractivity (Wildman–Crippen MR) is 138 cm³/mol. The number of nitrogens with one attached hydrogen (secondary N) is 1. The fourth-order valence-electron chi connectivity index (χ4n) is 2.95. The number of para-hydroxylation sites is 1. The largest absolute Gasteiger partial charge is 0.285 e. The number of carbonyl (C=O) groups is 2. The number of rotatable bonds is 7. The molecule has 4 rings (SSSR count). The highest BCUT2D eigenvalue weighted by Gasteiger charge is 2.33. The fraction of sp³-hybridized carbons (Fsp3) is 0.130. The molecule has 0 spiro atoms. The summed E-state index contributed by atoms with van der Waals surface area (Å²) >= 11 is 9.62. The number of nitrogens with zero attached hydrogens (tertiary/aromatic N) is 2. The number of hydrazine groups is 1. The Labute approximate surface area is 204 Å². The Morgan fingerprint density at radius 2 is 1.94 bits per heavy atom. The van der Waals surface area contributed by atoms with Crippen molar-refractivity contribution in [2.24, 2.45) is 0 Å². The van der Waals surface area contributed by atoms with Crippen LogP contribution in [0.4, 0.5) is 0 Å². The third kappa shape index (κ3) is 5.66. The number of amides is 2. The molecule has 0 atom stereocenters. The molecule has 162 valence electrons. The summed E-state index contributed by atoms with van der Waals surface area (Å²) in [5.74, 6) is -0.00411. The van der Waals surface area contributed by atoms with Crippen LogP contribution < -0.4 is 5.43 Å². The van der Waals surface area contributed by atoms with Gasteiger partial charge in [0.25, 0.3) is 5.91 Å². The van der Waals surface area contributed by atoms with Gasteiger partial charge in [-0.15, -0.1) is 11.3 Å². The molecule has 2 aromatic carbocycles. The Morgan fingerprint density at radius 3 is 2.72 bits per heavy atom. The SMILES string of the molecule is CC(/C=C1\SC(=S)N(NC(=O)CCSc2nc3ccccc3s2)C1=O)=C\c1ccccc1. The molecule has 32 heavy (non-hydrogen) atoms. The van der Waals surface area contributed by atoms with E-state index in [0.29, 0.717) is 15.0 Å². The molecular weight excluding hydrogens is 479 g/mol. The summed E-state index contributed by atoms with van der Waals surface area (Å²) in [6.07, 6.45) is 4.04. The van der Waals surface area contributed by atoms with Crippen molar-refractivity contribution in [1.29, 1.82) is 0 Å². The molecule has 3 aromatic rings. The topological polar surface area (TPSA) is 62.3 Å². The Hall–Kier alpha value is -2.46. The lowest BCUT2D eigenvalue weighted by Gasteiger charge is -2.15. The van der Waals surface area contributed by atoms with E-state index in [2.05, 4.69) is 10.4 Å². The van der Waals surface area contributed by atoms with Crippen molar-refractivity contribution < 1.29 is 9.59 Å². The number of aromatic nitrogens is 1. The average Bonchev–Trinajstić information content (AvgIpc) is 3.30. The van der Waals surface area contributed by atoms with Crippen LogP contribution in [0.5, 0.6) is 0 Å². The monoisotopic (exact) mass is 497 g/mol. The van der Waals surface area contributed by atoms with Crippen molar-refractivity contribution in [3.8, 4) is 0 Å². The van der Waals surface area contributed by atoms with Gasteiger partial charge < -0.3 is 0 Å². The van der Waals surface area contributed by atoms with Gasteiger partial charge in [0.05, 0.1) is 15.1 Å². The summed E-state index contributed by atoms with van der Waals surface area (Å²) in [6.45, 7) is 1.93. The van der Waals surface area contributed by atoms with Gasteiger partial charge in [-0.25, -0.2) is 4.98 Å². The molecule has 1 aliphatic heterocycles. The molecule has 1 saturated heterocycles. The van der Waals surface area contributed by atoms with Crippen molar-refractivity contribution in [3.05, 3.63) is 76.7 Å². The van der Waals surface area contributed by atoms with Gasteiger partial charge in [-0.1, -0.05) is 72.1 Å². The third-order valence-corrected chi connectivity index (χ3v) is 7.90. The van der Waals surface area contributed by atoms with Crippen LogP contribution in [0.2, 0.25) is 0 Å². The standard InChI is InChI=1S/C23H19N3O2S4/c1-15(13-16-7-3-2-4-8-16)14-19-21(28)26(23(29)32-19)25-20(27)11-12-30-22-24-17-9-5-6-10-18(17)31-22/h2-10,13-14H,11-12H2,1H3,(H,25,27)/b15-13+,19-14-. The van der Waals surface area contributed by atoms with Crippen LogP contribution in [0.15, 0.2) is 75.5 Å². The zero-order chi connectivity index (χ0) is 22.5. The van der Waals surface area contributed by atoms with Crippen molar-refractivity contribution in [2.75, 3.05) is 5.75 Å². The zero-order valence-electron chi connectivity index (χ0n) is 17.1. The molecule has 0 radical (unpaired) electrons. The molecule has 2 amide bonds. The zero-order valence-corrected chi connectivity index (χ0v) is 20.4. The summed E-state index contributed by atoms with van der Waals surface area (Å²) in [6, 6.07) is 17.8. The molecule has 0 saturated carbocycles. The molecule has 0 bridgehead atoms. The first-order chi connectivity index (χ1) is 15.5. The predicted octanol–water partition coefficient (Wildman–Crippen LogP) is 5.66. The lowest BCUT2D eigenvalue weighted by atomic mass is 10.1. The second kappa shape index (κ2) is 10.4. The first kappa shape index (κ1) is 22.7. The van der Waals surface area contributed by atoms with Gasteiger partial charge in [0.1, 0.15) is 0 Å². The van der Waals surface area contributed by atoms with Gasteiger partial charge in [0.2, 0.25) is 5.91 Å². The van der Waals surface area contributed by atoms with E-state index in [0.717, 1.165) is 30.7 Å². The smallest absolute Gasteiger partial charge is 0.273 e. The van der Waals surface area contributed by atoms with Gasteiger partial charge in [-0.05, 0) is 48.5 Å². The number of thiocarbonyl (C=S) groups is 1. The normalized spacial score (nSPS) is 15.7. The number of carbonyl (C=O) groups excluding carboxylic acids is 2. The van der Waals surface area contributed by atoms with Crippen LogP contribution in [-0.2, 0) is 9.59 Å². The van der Waals surface area contributed by atoms with Gasteiger partial charge >= 0.3 is 0 Å². The number of benzene rings is 2. The summed E-state index contributed by atoms with van der Waals surface area (Å²) in [7, 11) is 0. The van der Waals surface area contributed by atoms with E-state index in [1.165, 1.54) is 23.5 Å². The Morgan fingerprint density at radius 1 is 1.19 bits per heavy atom. The lowest BCUT2D eigenvalue weighted by molar-refractivity contribution is -0.132. The van der Waals surface area contributed by atoms with Gasteiger partial charge in [0.15, 0.2) is 8.66 Å². The van der Waals surface area contributed by atoms with Crippen LogP contribution in [0.25, 0.3) is 16.3 Å². The van der Waals surface area contributed by atoms with Crippen molar-refractivity contribution in [3.63, 3.8) is 0 Å². The van der Waals surface area contributed by atoms with Gasteiger partial charge in [0, 0.05) is 12.2 Å². The summed E-state index contributed by atoms with van der Waals surface area (Å²) < 4.78 is 2.37. The second-order valence-electron chi connectivity index (χ2n) is 6.90. The molecule has 1 aliphatic rings. The van der Waals surface area contributed by atoms with Crippen LogP contribution in [0, 0.1) is 0 Å². The molecule has 0 aliphatic carbocycles. The molecule has 1 aromatic heterocycles. The molecule has 9 heteroatoms. The van der Waals surface area contributed by atoms with Crippen LogP contribution in [0.3, 0.4) is 0 Å². The first-order valence-electron chi connectivity index (χ1n) is 9.79. The number of thiazole rings is 1. The van der Waals surface area contributed by atoms with Gasteiger partial charge in [-0.2, -0.15) is 5.01 Å². The maximum atomic E-state index is 12.7. The number of allylic oxidation sites excluding steroid dienone is 2. The van der Waals surface area contributed by atoms with E-state index in [4.69, 9.17) is 12.2 Å². The summed E-state index contributed by atoms with van der Waals surface area (Å²) in [4.78, 5) is 30.2. The van der Waals surface area contributed by atoms with E-state index in [1.807, 2.05) is 67.6 Å². The number of thioether (sulfide) groups is 2. The number of fused-ring (bicyclic) bond motifs is 1. The van der Waals surface area contributed by atoms with Crippen molar-refractivity contribution in [1.82, 2.24) is 15.4 Å². The van der Waals surface area contributed by atoms with E-state index in [-0.39, 0.29) is 18.2 Å². The molecule has 0 unspecified atom stereocenters. The maximum Gasteiger partial charge on any atom is 0.285 e. The Bertz CT molecular complexity index is 1200. The fourth-order valence-corrected chi connectivity index (χ4v) is 6.26. The third-order valence-electron chi connectivity index (χ3n) is 4.41. The van der Waals surface area contributed by atoms with Crippen LogP contribution in [-0.4, -0.2) is 31.9 Å². The minimum absolute atomic E-state index is 0.254. The Balaban J connectivity index is 1.31. The minimum Gasteiger partial charge on any atom is -0.273 e. The van der Waals surface area contributed by atoms with Gasteiger partial charge in [-0.3, -0.25) is 15.0 Å². The molecule has 1 N–H and O–H groups in total. The van der Waals surface area contributed by atoms with Crippen LogP contribution >= 0.6 is 47.1 Å². The average molecular weight is 498 g/mol. The Kier molecular flexibility index (Phi) is 7.41. The highest BCUT2D eigenvalue weighted by molar-refractivity contribution is 8.26. The molecule has 1 fully saturated rings. The summed E-state index contributed by atoms with van der Waals surface area (Å²) in [5.41, 5.74) is 5.58. The van der Waals surface area contributed by atoms with E-state index in [9.17, 15) is 9.59 Å². The number of hydrogen-bond donors (Lipinski definition) is 1.